The van der Waals surface area contributed by atoms with Crippen LogP contribution in [0.1, 0.15) is 24.6 Å². The van der Waals surface area contributed by atoms with Gasteiger partial charge in [0, 0.05) is 28.9 Å². The molecule has 8 nitrogen and oxygen atoms in total. The second-order valence-corrected chi connectivity index (χ2v) is 6.88. The number of carbonyl (C=O) groups excluding carboxylic acids is 2. The van der Waals surface area contributed by atoms with Crippen molar-refractivity contribution in [2.45, 2.75) is 18.8 Å². The van der Waals surface area contributed by atoms with Crippen LogP contribution < -0.4 is 16.0 Å². The van der Waals surface area contributed by atoms with E-state index in [4.69, 9.17) is 0 Å². The third-order valence-corrected chi connectivity index (χ3v) is 4.48. The van der Waals surface area contributed by atoms with Crippen molar-refractivity contribution in [2.24, 2.45) is 0 Å². The zero-order valence-electron chi connectivity index (χ0n) is 15.7. The van der Waals surface area contributed by atoms with Gasteiger partial charge in [0.2, 0.25) is 5.91 Å². The van der Waals surface area contributed by atoms with Gasteiger partial charge in [0.05, 0.1) is 6.54 Å². The van der Waals surface area contributed by atoms with Gasteiger partial charge in [-0.25, -0.2) is 18.6 Å². The summed E-state index contributed by atoms with van der Waals surface area (Å²) in [5, 5.41) is 14.5. The van der Waals surface area contributed by atoms with Crippen molar-refractivity contribution >= 4 is 23.3 Å². The van der Waals surface area contributed by atoms with Crippen LogP contribution in [0.3, 0.4) is 0 Å². The van der Waals surface area contributed by atoms with Crippen LogP contribution >= 0.6 is 0 Å². The summed E-state index contributed by atoms with van der Waals surface area (Å²) in [6, 6.07) is 9.36. The molecule has 0 radical (unpaired) electrons. The van der Waals surface area contributed by atoms with Gasteiger partial charge in [-0.1, -0.05) is 0 Å². The van der Waals surface area contributed by atoms with Crippen molar-refractivity contribution in [1.82, 2.24) is 20.5 Å². The van der Waals surface area contributed by atoms with Crippen molar-refractivity contribution in [1.29, 1.82) is 0 Å². The van der Waals surface area contributed by atoms with E-state index in [1.54, 1.807) is 24.3 Å². The fourth-order valence-electron chi connectivity index (χ4n) is 2.76. The highest BCUT2D eigenvalue weighted by Gasteiger charge is 2.27. The second-order valence-electron chi connectivity index (χ2n) is 6.88. The number of benzene rings is 2. The molecule has 1 aliphatic rings. The molecule has 0 bridgehead atoms. The lowest BCUT2D eigenvalue weighted by Crippen LogP contribution is -2.35. The average molecular weight is 412 g/mol. The topological polar surface area (TPSA) is 112 Å². The Morgan fingerprint density at radius 1 is 1.00 bits per heavy atom. The van der Waals surface area contributed by atoms with E-state index in [2.05, 4.69) is 31.1 Å². The van der Waals surface area contributed by atoms with Gasteiger partial charge in [-0.2, -0.15) is 5.10 Å². The molecular formula is C20H18F2N6O2. The Morgan fingerprint density at radius 2 is 1.73 bits per heavy atom. The van der Waals surface area contributed by atoms with Crippen molar-refractivity contribution in [3.05, 3.63) is 59.9 Å². The maximum absolute atomic E-state index is 13.1. The first-order valence-corrected chi connectivity index (χ1v) is 9.30. The number of urea groups is 1. The van der Waals surface area contributed by atoms with Gasteiger partial charge >= 0.3 is 6.03 Å². The van der Waals surface area contributed by atoms with Gasteiger partial charge in [0.15, 0.2) is 17.5 Å². The SMILES string of the molecule is O=C(CNC(=O)Nc1ccc(-c2n[nH]c(C3CC3)n2)cc1)Nc1ccc(F)c(F)c1. The third-order valence-electron chi connectivity index (χ3n) is 4.48. The highest BCUT2D eigenvalue weighted by Crippen LogP contribution is 2.38. The highest BCUT2D eigenvalue weighted by molar-refractivity contribution is 5.97. The lowest BCUT2D eigenvalue weighted by molar-refractivity contribution is -0.115. The van der Waals surface area contributed by atoms with E-state index in [-0.39, 0.29) is 12.2 Å². The summed E-state index contributed by atoms with van der Waals surface area (Å²) in [6.45, 7) is -0.343. The standard InChI is InChI=1S/C20H18F2N6O2/c21-15-8-7-14(9-16(15)22)24-17(29)10-23-20(30)25-13-5-3-12(4-6-13)19-26-18(27-28-19)11-1-2-11/h3-9,11H,1-2,10H2,(H,24,29)(H2,23,25,30)(H,26,27,28). The number of halogens is 2. The summed E-state index contributed by atoms with van der Waals surface area (Å²) in [5.41, 5.74) is 1.43. The van der Waals surface area contributed by atoms with Crippen LogP contribution in [0, 0.1) is 11.6 Å². The zero-order chi connectivity index (χ0) is 21.1. The smallest absolute Gasteiger partial charge is 0.319 e. The molecule has 4 rings (SSSR count). The lowest BCUT2D eigenvalue weighted by Gasteiger charge is -2.09. The Hall–Kier alpha value is -3.82. The second kappa shape index (κ2) is 8.27. The molecular weight excluding hydrogens is 394 g/mol. The predicted octanol–water partition coefficient (Wildman–Crippen LogP) is 3.39. The molecule has 1 aromatic heterocycles. The first-order valence-electron chi connectivity index (χ1n) is 9.30. The fourth-order valence-corrected chi connectivity index (χ4v) is 2.76. The van der Waals surface area contributed by atoms with Crippen LogP contribution in [-0.4, -0.2) is 33.7 Å². The van der Waals surface area contributed by atoms with Crippen molar-refractivity contribution in [3.63, 3.8) is 0 Å². The van der Waals surface area contributed by atoms with E-state index in [9.17, 15) is 18.4 Å². The first-order chi connectivity index (χ1) is 14.5. The summed E-state index contributed by atoms with van der Waals surface area (Å²) in [4.78, 5) is 28.3. The van der Waals surface area contributed by atoms with Crippen molar-refractivity contribution in [2.75, 3.05) is 17.2 Å². The number of anilines is 2. The monoisotopic (exact) mass is 412 g/mol. The molecule has 30 heavy (non-hydrogen) atoms. The minimum absolute atomic E-state index is 0.0912. The Kier molecular flexibility index (Phi) is 5.38. The van der Waals surface area contributed by atoms with Gasteiger partial charge in [0.25, 0.3) is 0 Å². The molecule has 154 valence electrons. The Morgan fingerprint density at radius 3 is 2.43 bits per heavy atom. The van der Waals surface area contributed by atoms with Crippen LogP contribution in [0.25, 0.3) is 11.4 Å². The van der Waals surface area contributed by atoms with Crippen LogP contribution in [0.2, 0.25) is 0 Å². The molecule has 10 heteroatoms. The highest BCUT2D eigenvalue weighted by atomic mass is 19.2. The van der Waals surface area contributed by atoms with Gasteiger partial charge in [-0.05, 0) is 49.2 Å². The minimum Gasteiger partial charge on any atom is -0.329 e. The molecule has 1 heterocycles. The number of amides is 3. The molecule has 0 atom stereocenters. The Bertz CT molecular complexity index is 1080. The van der Waals surface area contributed by atoms with E-state index in [1.807, 2.05) is 0 Å². The zero-order valence-corrected chi connectivity index (χ0v) is 15.7. The van der Waals surface area contributed by atoms with Gasteiger partial charge in [-0.15, -0.1) is 0 Å². The van der Waals surface area contributed by atoms with Crippen LogP contribution in [0.5, 0.6) is 0 Å². The summed E-state index contributed by atoms with van der Waals surface area (Å²) in [6.07, 6.45) is 2.26. The summed E-state index contributed by atoms with van der Waals surface area (Å²) in [7, 11) is 0. The molecule has 3 aromatic rings. The van der Waals surface area contributed by atoms with E-state index in [0.717, 1.165) is 36.4 Å². The molecule has 1 fully saturated rings. The molecule has 4 N–H and O–H groups in total. The number of nitrogens with one attached hydrogen (secondary N) is 4. The average Bonchev–Trinajstić information content (AvgIpc) is 3.47. The van der Waals surface area contributed by atoms with Crippen LogP contribution in [0.15, 0.2) is 42.5 Å². The fraction of sp³-hybridized carbons (Fsp3) is 0.200. The molecule has 1 aliphatic carbocycles. The Labute approximate surface area is 170 Å². The van der Waals surface area contributed by atoms with Crippen LogP contribution in [-0.2, 0) is 4.79 Å². The summed E-state index contributed by atoms with van der Waals surface area (Å²) >= 11 is 0. The number of hydrogen-bond donors (Lipinski definition) is 4. The Balaban J connectivity index is 1.26. The van der Waals surface area contributed by atoms with Crippen molar-refractivity contribution in [3.8, 4) is 11.4 Å². The molecule has 0 aliphatic heterocycles. The minimum atomic E-state index is -1.07. The molecule has 2 aromatic carbocycles. The van der Waals surface area contributed by atoms with E-state index in [0.29, 0.717) is 17.4 Å². The third kappa shape index (κ3) is 4.77. The predicted molar refractivity (Wildman–Crippen MR) is 106 cm³/mol. The lowest BCUT2D eigenvalue weighted by atomic mass is 10.2. The van der Waals surface area contributed by atoms with Crippen molar-refractivity contribution < 1.29 is 18.4 Å². The van der Waals surface area contributed by atoms with Gasteiger partial charge in [-0.3, -0.25) is 9.89 Å². The van der Waals surface area contributed by atoms with E-state index in [1.165, 1.54) is 6.07 Å². The molecule has 0 saturated heterocycles. The number of carbonyl (C=O) groups is 2. The van der Waals surface area contributed by atoms with Crippen LogP contribution in [0.4, 0.5) is 25.0 Å². The maximum atomic E-state index is 13.1. The van der Waals surface area contributed by atoms with Gasteiger partial charge < -0.3 is 16.0 Å². The largest absolute Gasteiger partial charge is 0.329 e. The van der Waals surface area contributed by atoms with Gasteiger partial charge in [0.1, 0.15) is 5.82 Å². The summed E-state index contributed by atoms with van der Waals surface area (Å²) in [5.74, 6) is -0.688. The van der Waals surface area contributed by atoms with E-state index < -0.39 is 23.6 Å². The summed E-state index contributed by atoms with van der Waals surface area (Å²) < 4.78 is 26.0. The normalized spacial score (nSPS) is 13.0. The number of aromatic amines is 1. The number of nitrogens with zero attached hydrogens (tertiary/aromatic N) is 2. The molecule has 0 unspecified atom stereocenters. The number of H-pyrrole nitrogens is 1. The number of hydrogen-bond acceptors (Lipinski definition) is 4. The first kappa shape index (κ1) is 19.5. The number of rotatable bonds is 6. The maximum Gasteiger partial charge on any atom is 0.319 e. The quantitative estimate of drug-likeness (QED) is 0.497. The molecule has 1 saturated carbocycles. The molecule has 3 amide bonds. The van der Waals surface area contributed by atoms with E-state index >= 15 is 0 Å². The number of aromatic nitrogens is 3. The molecule has 0 spiro atoms.